The van der Waals surface area contributed by atoms with Crippen molar-refractivity contribution in [3.8, 4) is 0 Å². The second-order valence-corrected chi connectivity index (χ2v) is 4.05. The number of aromatic nitrogens is 1. The number of nitrogens with zero attached hydrogens (tertiary/aromatic N) is 2. The Morgan fingerprint density at radius 1 is 1.33 bits per heavy atom. The molecule has 0 aliphatic rings. The first-order valence-corrected chi connectivity index (χ1v) is 6.11. The van der Waals surface area contributed by atoms with Gasteiger partial charge in [0.15, 0.2) is 0 Å². The van der Waals surface area contributed by atoms with Crippen LogP contribution in [0.25, 0.3) is 10.8 Å². The Balaban J connectivity index is 2.44. The minimum atomic E-state index is -0.0558. The van der Waals surface area contributed by atoms with E-state index in [1.165, 1.54) is 0 Å². The van der Waals surface area contributed by atoms with Gasteiger partial charge in [-0.2, -0.15) is 0 Å². The Bertz CT molecular complexity index is 548. The molecule has 0 atom stereocenters. The fraction of sp³-hybridized carbons (Fsp3) is 0.286. The molecule has 2 rings (SSSR count). The van der Waals surface area contributed by atoms with Gasteiger partial charge in [0.25, 0.3) is 5.91 Å². The maximum atomic E-state index is 12.4. The average molecular weight is 243 g/mol. The summed E-state index contributed by atoms with van der Waals surface area (Å²) in [6.45, 7) is 3.60. The molecule has 0 saturated carbocycles. The summed E-state index contributed by atoms with van der Waals surface area (Å²) in [7, 11) is 0. The third-order valence-electron chi connectivity index (χ3n) is 2.94. The molecule has 1 aromatic heterocycles. The summed E-state index contributed by atoms with van der Waals surface area (Å²) in [6, 6.07) is 9.68. The van der Waals surface area contributed by atoms with E-state index >= 15 is 0 Å². The zero-order valence-corrected chi connectivity index (χ0v) is 10.5. The van der Waals surface area contributed by atoms with E-state index in [0.29, 0.717) is 25.3 Å². The normalized spacial score (nSPS) is 10.6. The van der Waals surface area contributed by atoms with Gasteiger partial charge in [-0.3, -0.25) is 9.78 Å². The number of carbonyl (C=O) groups is 1. The lowest BCUT2D eigenvalue weighted by atomic mass is 10.1. The highest BCUT2D eigenvalue weighted by Crippen LogP contribution is 2.17. The Hall–Kier alpha value is -1.94. The fourth-order valence-electron chi connectivity index (χ4n) is 2.00. The van der Waals surface area contributed by atoms with Crippen LogP contribution >= 0.6 is 0 Å². The van der Waals surface area contributed by atoms with E-state index < -0.39 is 0 Å². The van der Waals surface area contributed by atoms with E-state index in [1.54, 1.807) is 11.1 Å². The van der Waals surface area contributed by atoms with Crippen LogP contribution in [0.1, 0.15) is 17.4 Å². The number of likely N-dealkylation sites (N-methyl/N-ethyl adjacent to an activating group) is 1. The van der Waals surface area contributed by atoms with Gasteiger partial charge in [-0.1, -0.05) is 24.3 Å². The Kier molecular flexibility index (Phi) is 3.89. The molecular formula is C14H17N3O. The third kappa shape index (κ3) is 2.33. The quantitative estimate of drug-likeness (QED) is 0.888. The van der Waals surface area contributed by atoms with E-state index in [2.05, 4.69) is 4.98 Å². The molecule has 0 bridgehead atoms. The molecule has 0 fully saturated rings. The lowest BCUT2D eigenvalue weighted by Gasteiger charge is -2.20. The van der Waals surface area contributed by atoms with Crippen LogP contribution in [-0.4, -0.2) is 35.4 Å². The fourth-order valence-corrected chi connectivity index (χ4v) is 2.00. The zero-order valence-electron chi connectivity index (χ0n) is 10.5. The van der Waals surface area contributed by atoms with Crippen LogP contribution in [0.2, 0.25) is 0 Å². The minimum absolute atomic E-state index is 0.0558. The molecule has 4 heteroatoms. The van der Waals surface area contributed by atoms with E-state index in [1.807, 2.05) is 37.3 Å². The Morgan fingerprint density at radius 2 is 2.11 bits per heavy atom. The predicted molar refractivity (Wildman–Crippen MR) is 72.4 cm³/mol. The Labute approximate surface area is 106 Å². The van der Waals surface area contributed by atoms with Crippen molar-refractivity contribution in [2.75, 3.05) is 19.6 Å². The van der Waals surface area contributed by atoms with Crippen LogP contribution in [-0.2, 0) is 0 Å². The molecular weight excluding hydrogens is 226 g/mol. The number of fused-ring (bicyclic) bond motifs is 1. The first kappa shape index (κ1) is 12.5. The Morgan fingerprint density at radius 3 is 2.83 bits per heavy atom. The summed E-state index contributed by atoms with van der Waals surface area (Å²) < 4.78 is 0. The highest BCUT2D eigenvalue weighted by Gasteiger charge is 2.17. The summed E-state index contributed by atoms with van der Waals surface area (Å²) in [5.74, 6) is -0.0558. The molecule has 0 unspecified atom stereocenters. The van der Waals surface area contributed by atoms with E-state index in [4.69, 9.17) is 5.73 Å². The van der Waals surface area contributed by atoms with Gasteiger partial charge in [0.1, 0.15) is 5.69 Å². The van der Waals surface area contributed by atoms with Crippen molar-refractivity contribution in [2.45, 2.75) is 6.92 Å². The molecule has 0 radical (unpaired) electrons. The molecule has 0 saturated heterocycles. The van der Waals surface area contributed by atoms with Crippen molar-refractivity contribution in [3.05, 3.63) is 42.2 Å². The maximum Gasteiger partial charge on any atom is 0.273 e. The SMILES string of the molecule is CCN(CCN)C(=O)c1nccc2ccccc12. The van der Waals surface area contributed by atoms with E-state index in [0.717, 1.165) is 10.8 Å². The van der Waals surface area contributed by atoms with Crippen LogP contribution in [0.4, 0.5) is 0 Å². The van der Waals surface area contributed by atoms with Crippen LogP contribution in [0.3, 0.4) is 0 Å². The van der Waals surface area contributed by atoms with Crippen molar-refractivity contribution >= 4 is 16.7 Å². The number of rotatable bonds is 4. The molecule has 0 aliphatic heterocycles. The molecule has 1 heterocycles. The first-order valence-electron chi connectivity index (χ1n) is 6.11. The highest BCUT2D eigenvalue weighted by atomic mass is 16.2. The number of amides is 1. The minimum Gasteiger partial charge on any atom is -0.336 e. The molecule has 0 spiro atoms. The smallest absolute Gasteiger partial charge is 0.273 e. The predicted octanol–water partition coefficient (Wildman–Crippen LogP) is 1.66. The van der Waals surface area contributed by atoms with Crippen LogP contribution in [0.15, 0.2) is 36.5 Å². The van der Waals surface area contributed by atoms with Crippen molar-refractivity contribution in [1.82, 2.24) is 9.88 Å². The number of hydrogen-bond donors (Lipinski definition) is 1. The second-order valence-electron chi connectivity index (χ2n) is 4.05. The number of benzene rings is 1. The highest BCUT2D eigenvalue weighted by molar-refractivity contribution is 6.05. The average Bonchev–Trinajstić information content (AvgIpc) is 2.43. The summed E-state index contributed by atoms with van der Waals surface area (Å²) in [5.41, 5.74) is 6.02. The standard InChI is InChI=1S/C14H17N3O/c1-2-17(10-8-15)14(18)13-12-6-4-3-5-11(12)7-9-16-13/h3-7,9H,2,8,10,15H2,1H3. The number of carbonyl (C=O) groups excluding carboxylic acids is 1. The number of nitrogens with two attached hydrogens (primary N) is 1. The van der Waals surface area contributed by atoms with Gasteiger partial charge >= 0.3 is 0 Å². The summed E-state index contributed by atoms with van der Waals surface area (Å²) in [4.78, 5) is 18.3. The van der Waals surface area contributed by atoms with Crippen molar-refractivity contribution in [2.24, 2.45) is 5.73 Å². The van der Waals surface area contributed by atoms with Gasteiger partial charge in [0.2, 0.25) is 0 Å². The molecule has 94 valence electrons. The monoisotopic (exact) mass is 243 g/mol. The summed E-state index contributed by atoms with van der Waals surface area (Å²) in [5, 5.41) is 1.92. The maximum absolute atomic E-state index is 12.4. The van der Waals surface area contributed by atoms with E-state index in [9.17, 15) is 4.79 Å². The molecule has 18 heavy (non-hydrogen) atoms. The van der Waals surface area contributed by atoms with Crippen molar-refractivity contribution < 1.29 is 4.79 Å². The van der Waals surface area contributed by atoms with Crippen LogP contribution < -0.4 is 5.73 Å². The topological polar surface area (TPSA) is 59.2 Å². The number of pyridine rings is 1. The van der Waals surface area contributed by atoms with Gasteiger partial charge in [0, 0.05) is 31.2 Å². The van der Waals surface area contributed by atoms with Gasteiger partial charge in [0.05, 0.1) is 0 Å². The molecule has 4 nitrogen and oxygen atoms in total. The molecule has 1 amide bonds. The second kappa shape index (κ2) is 5.60. The lowest BCUT2D eigenvalue weighted by Crippen LogP contribution is -2.35. The molecule has 2 aromatic rings. The molecule has 0 aliphatic carbocycles. The van der Waals surface area contributed by atoms with Crippen LogP contribution in [0, 0.1) is 0 Å². The number of hydrogen-bond acceptors (Lipinski definition) is 3. The first-order chi connectivity index (χ1) is 8.77. The lowest BCUT2D eigenvalue weighted by molar-refractivity contribution is 0.0765. The third-order valence-corrected chi connectivity index (χ3v) is 2.94. The summed E-state index contributed by atoms with van der Waals surface area (Å²) in [6.07, 6.45) is 1.67. The van der Waals surface area contributed by atoms with Crippen molar-refractivity contribution in [3.63, 3.8) is 0 Å². The van der Waals surface area contributed by atoms with Crippen LogP contribution in [0.5, 0.6) is 0 Å². The summed E-state index contributed by atoms with van der Waals surface area (Å²) >= 11 is 0. The van der Waals surface area contributed by atoms with Gasteiger partial charge in [-0.15, -0.1) is 0 Å². The van der Waals surface area contributed by atoms with Gasteiger partial charge in [-0.25, -0.2) is 0 Å². The van der Waals surface area contributed by atoms with Crippen molar-refractivity contribution in [1.29, 1.82) is 0 Å². The van der Waals surface area contributed by atoms with Gasteiger partial charge in [-0.05, 0) is 18.4 Å². The molecule has 2 N–H and O–H groups in total. The van der Waals surface area contributed by atoms with Gasteiger partial charge < -0.3 is 10.6 Å². The zero-order chi connectivity index (χ0) is 13.0. The van der Waals surface area contributed by atoms with E-state index in [-0.39, 0.29) is 5.91 Å². The largest absolute Gasteiger partial charge is 0.336 e. The molecule has 1 aromatic carbocycles.